The van der Waals surface area contributed by atoms with E-state index in [9.17, 15) is 4.79 Å². The van der Waals surface area contributed by atoms with E-state index in [0.29, 0.717) is 5.92 Å². The van der Waals surface area contributed by atoms with Gasteiger partial charge in [-0.05, 0) is 55.6 Å². The van der Waals surface area contributed by atoms with Crippen LogP contribution in [0, 0.1) is 0 Å². The summed E-state index contributed by atoms with van der Waals surface area (Å²) in [6.45, 7) is 2.79. The topological polar surface area (TPSA) is 58.2 Å². The van der Waals surface area contributed by atoms with Crippen molar-refractivity contribution in [2.45, 2.75) is 25.3 Å². The number of nitrogens with zero attached hydrogens (tertiary/aromatic N) is 2. The summed E-state index contributed by atoms with van der Waals surface area (Å²) in [5, 5.41) is 1.75. The van der Waals surface area contributed by atoms with Gasteiger partial charge in [0.15, 0.2) is 0 Å². The van der Waals surface area contributed by atoms with Crippen LogP contribution in [0.2, 0.25) is 0 Å². The van der Waals surface area contributed by atoms with Crippen molar-refractivity contribution in [1.82, 2.24) is 14.9 Å². The molecule has 1 N–H and O–H groups in total. The fourth-order valence-corrected chi connectivity index (χ4v) is 3.73. The van der Waals surface area contributed by atoms with E-state index in [1.54, 1.807) is 13.3 Å². The van der Waals surface area contributed by atoms with E-state index < -0.39 is 0 Å². The number of piperidine rings is 1. The predicted molar refractivity (Wildman–Crippen MR) is 103 cm³/mol. The van der Waals surface area contributed by atoms with Crippen molar-refractivity contribution in [1.29, 1.82) is 0 Å². The standard InChI is InChI=1S/C21H23N3O2/c1-26-18-6-7-20(22-13-18)15-8-10-24(11-9-15)14-17-12-16-4-2-3-5-19(16)21(25)23-17/h2-7,12-13,15H,8-11,14H2,1H3,(H,23,25). The molecule has 3 heterocycles. The highest BCUT2D eigenvalue weighted by Gasteiger charge is 2.22. The lowest BCUT2D eigenvalue weighted by molar-refractivity contribution is 0.201. The molecule has 0 radical (unpaired) electrons. The second-order valence-electron chi connectivity index (χ2n) is 6.88. The van der Waals surface area contributed by atoms with Crippen LogP contribution in [0.3, 0.4) is 0 Å². The van der Waals surface area contributed by atoms with Gasteiger partial charge in [-0.2, -0.15) is 0 Å². The van der Waals surface area contributed by atoms with Crippen LogP contribution in [-0.4, -0.2) is 35.1 Å². The summed E-state index contributed by atoms with van der Waals surface area (Å²) >= 11 is 0. The number of benzene rings is 1. The summed E-state index contributed by atoms with van der Waals surface area (Å²) in [4.78, 5) is 22.2. The van der Waals surface area contributed by atoms with E-state index in [1.807, 2.05) is 30.3 Å². The number of hydrogen-bond donors (Lipinski definition) is 1. The zero-order valence-electron chi connectivity index (χ0n) is 14.9. The molecule has 26 heavy (non-hydrogen) atoms. The van der Waals surface area contributed by atoms with Gasteiger partial charge in [0.05, 0.1) is 13.3 Å². The Morgan fingerprint density at radius 1 is 1.19 bits per heavy atom. The first-order chi connectivity index (χ1) is 12.7. The molecule has 2 aromatic heterocycles. The van der Waals surface area contributed by atoms with Crippen LogP contribution in [0.25, 0.3) is 10.8 Å². The van der Waals surface area contributed by atoms with E-state index in [2.05, 4.69) is 27.0 Å². The van der Waals surface area contributed by atoms with Crippen LogP contribution in [0.5, 0.6) is 5.75 Å². The highest BCUT2D eigenvalue weighted by Crippen LogP contribution is 2.28. The van der Waals surface area contributed by atoms with Gasteiger partial charge in [0.25, 0.3) is 5.56 Å². The molecule has 1 saturated heterocycles. The van der Waals surface area contributed by atoms with E-state index in [4.69, 9.17) is 4.74 Å². The minimum absolute atomic E-state index is 0.00424. The molecular formula is C21H23N3O2. The molecule has 0 amide bonds. The number of H-pyrrole nitrogens is 1. The molecule has 1 fully saturated rings. The van der Waals surface area contributed by atoms with Crippen molar-refractivity contribution in [2.24, 2.45) is 0 Å². The number of pyridine rings is 2. The van der Waals surface area contributed by atoms with Gasteiger partial charge in [-0.3, -0.25) is 14.7 Å². The van der Waals surface area contributed by atoms with E-state index in [0.717, 1.165) is 60.4 Å². The van der Waals surface area contributed by atoms with Crippen LogP contribution in [0.15, 0.2) is 53.5 Å². The number of methoxy groups -OCH3 is 1. The number of fused-ring (bicyclic) bond motifs is 1. The van der Waals surface area contributed by atoms with E-state index in [1.165, 1.54) is 0 Å². The summed E-state index contributed by atoms with van der Waals surface area (Å²) in [7, 11) is 1.66. The lowest BCUT2D eigenvalue weighted by Gasteiger charge is -2.31. The largest absolute Gasteiger partial charge is 0.495 e. The van der Waals surface area contributed by atoms with Gasteiger partial charge in [-0.1, -0.05) is 18.2 Å². The minimum atomic E-state index is -0.00424. The molecule has 1 aliphatic rings. The van der Waals surface area contributed by atoms with Gasteiger partial charge >= 0.3 is 0 Å². The Labute approximate surface area is 152 Å². The molecule has 0 bridgehead atoms. The average molecular weight is 349 g/mol. The third kappa shape index (κ3) is 3.48. The Kier molecular flexibility index (Phi) is 4.71. The van der Waals surface area contributed by atoms with E-state index >= 15 is 0 Å². The van der Waals surface area contributed by atoms with Crippen molar-refractivity contribution in [3.63, 3.8) is 0 Å². The lowest BCUT2D eigenvalue weighted by atomic mass is 9.93. The first-order valence-corrected chi connectivity index (χ1v) is 9.06. The summed E-state index contributed by atoms with van der Waals surface area (Å²) in [5.41, 5.74) is 2.12. The molecule has 1 aliphatic heterocycles. The van der Waals surface area contributed by atoms with Crippen LogP contribution in [-0.2, 0) is 6.54 Å². The van der Waals surface area contributed by atoms with Gasteiger partial charge in [0.2, 0.25) is 0 Å². The number of hydrogen-bond acceptors (Lipinski definition) is 4. The molecule has 4 rings (SSSR count). The number of rotatable bonds is 4. The SMILES string of the molecule is COc1ccc(C2CCN(Cc3cc4ccccc4c(=O)[nH]3)CC2)nc1. The van der Waals surface area contributed by atoms with Crippen LogP contribution in [0.4, 0.5) is 0 Å². The van der Waals surface area contributed by atoms with Crippen LogP contribution < -0.4 is 10.3 Å². The Hall–Kier alpha value is -2.66. The molecule has 5 heteroatoms. The Morgan fingerprint density at radius 2 is 2.00 bits per heavy atom. The maximum absolute atomic E-state index is 12.2. The Bertz CT molecular complexity index is 941. The second kappa shape index (κ2) is 7.30. The molecule has 0 unspecified atom stereocenters. The van der Waals surface area contributed by atoms with Gasteiger partial charge < -0.3 is 9.72 Å². The highest BCUT2D eigenvalue weighted by atomic mass is 16.5. The number of ether oxygens (including phenoxy) is 1. The molecular weight excluding hydrogens is 326 g/mol. The first kappa shape index (κ1) is 16.8. The number of aromatic amines is 1. The quantitative estimate of drug-likeness (QED) is 0.785. The van der Waals surface area contributed by atoms with E-state index in [-0.39, 0.29) is 5.56 Å². The van der Waals surface area contributed by atoms with Crippen molar-refractivity contribution in [3.05, 3.63) is 70.4 Å². The number of aromatic nitrogens is 2. The van der Waals surface area contributed by atoms with Crippen LogP contribution in [0.1, 0.15) is 30.1 Å². The van der Waals surface area contributed by atoms with Gasteiger partial charge in [-0.25, -0.2) is 0 Å². The Morgan fingerprint density at radius 3 is 2.73 bits per heavy atom. The third-order valence-electron chi connectivity index (χ3n) is 5.20. The molecule has 5 nitrogen and oxygen atoms in total. The smallest absolute Gasteiger partial charge is 0.256 e. The fraction of sp³-hybridized carbons (Fsp3) is 0.333. The highest BCUT2D eigenvalue weighted by molar-refractivity contribution is 5.81. The number of likely N-dealkylation sites (tertiary alicyclic amines) is 1. The number of nitrogens with one attached hydrogen (secondary N) is 1. The first-order valence-electron chi connectivity index (χ1n) is 9.06. The summed E-state index contributed by atoms with van der Waals surface area (Å²) in [6.07, 6.45) is 3.95. The van der Waals surface area contributed by atoms with Gasteiger partial charge in [-0.15, -0.1) is 0 Å². The second-order valence-corrected chi connectivity index (χ2v) is 6.88. The molecule has 0 saturated carbocycles. The van der Waals surface area contributed by atoms with Gasteiger partial charge in [0, 0.05) is 29.2 Å². The molecule has 1 aromatic carbocycles. The van der Waals surface area contributed by atoms with Gasteiger partial charge in [0.1, 0.15) is 5.75 Å². The maximum atomic E-state index is 12.2. The summed E-state index contributed by atoms with van der Waals surface area (Å²) in [6, 6.07) is 13.9. The molecule has 0 spiro atoms. The van der Waals surface area contributed by atoms with Crippen molar-refractivity contribution < 1.29 is 4.74 Å². The monoisotopic (exact) mass is 349 g/mol. The Balaban J connectivity index is 1.41. The van der Waals surface area contributed by atoms with Crippen molar-refractivity contribution >= 4 is 10.8 Å². The average Bonchev–Trinajstić information content (AvgIpc) is 2.69. The molecule has 134 valence electrons. The van der Waals surface area contributed by atoms with Crippen molar-refractivity contribution in [3.8, 4) is 5.75 Å². The van der Waals surface area contributed by atoms with Crippen LogP contribution >= 0.6 is 0 Å². The zero-order valence-corrected chi connectivity index (χ0v) is 14.9. The minimum Gasteiger partial charge on any atom is -0.495 e. The zero-order chi connectivity index (χ0) is 17.9. The summed E-state index contributed by atoms with van der Waals surface area (Å²) < 4.78 is 5.18. The fourth-order valence-electron chi connectivity index (χ4n) is 3.73. The predicted octanol–water partition coefficient (Wildman–Crippen LogP) is 3.31. The third-order valence-corrected chi connectivity index (χ3v) is 5.20. The van der Waals surface area contributed by atoms with Crippen molar-refractivity contribution in [2.75, 3.05) is 20.2 Å². The molecule has 3 aromatic rings. The maximum Gasteiger partial charge on any atom is 0.256 e. The molecule has 0 aliphatic carbocycles. The normalized spacial score (nSPS) is 16.0. The summed E-state index contributed by atoms with van der Waals surface area (Å²) in [5.74, 6) is 1.29. The molecule has 0 atom stereocenters. The lowest BCUT2D eigenvalue weighted by Crippen LogP contribution is -2.33.